The first-order valence-corrected chi connectivity index (χ1v) is 5.33. The fourth-order valence-corrected chi connectivity index (χ4v) is 1.68. The highest BCUT2D eigenvalue weighted by Gasteiger charge is 2.29. The van der Waals surface area contributed by atoms with Crippen LogP contribution >= 0.6 is 0 Å². The minimum atomic E-state index is 0.147. The number of nitrogens with zero attached hydrogens (tertiary/aromatic N) is 2. The second-order valence-electron chi connectivity index (χ2n) is 3.97. The van der Waals surface area contributed by atoms with Crippen molar-refractivity contribution in [3.8, 4) is 0 Å². The summed E-state index contributed by atoms with van der Waals surface area (Å²) in [6, 6.07) is 0.816. The molecule has 14 heavy (non-hydrogen) atoms. The second-order valence-corrected chi connectivity index (χ2v) is 3.97. The number of hydrogen-bond acceptors (Lipinski definition) is 2. The number of piperazine rings is 1. The van der Waals surface area contributed by atoms with Crippen molar-refractivity contribution >= 4 is 6.03 Å². The lowest BCUT2D eigenvalue weighted by molar-refractivity contribution is 0.120. The normalized spacial score (nSPS) is 27.6. The molecule has 0 radical (unpaired) electrons. The molecule has 2 unspecified atom stereocenters. The molecule has 0 spiro atoms. The van der Waals surface area contributed by atoms with Gasteiger partial charge >= 0.3 is 6.03 Å². The lowest BCUT2D eigenvalue weighted by Gasteiger charge is -2.40. The van der Waals surface area contributed by atoms with Gasteiger partial charge in [0.25, 0.3) is 0 Å². The predicted molar refractivity (Wildman–Crippen MR) is 57.3 cm³/mol. The summed E-state index contributed by atoms with van der Waals surface area (Å²) in [5, 5.41) is 3.36. The summed E-state index contributed by atoms with van der Waals surface area (Å²) in [5.41, 5.74) is 0. The fourth-order valence-electron chi connectivity index (χ4n) is 1.68. The molecule has 2 amide bonds. The molecule has 1 saturated heterocycles. The van der Waals surface area contributed by atoms with Crippen LogP contribution in [0.4, 0.5) is 4.79 Å². The van der Waals surface area contributed by atoms with E-state index in [-0.39, 0.29) is 12.1 Å². The van der Waals surface area contributed by atoms with Crippen LogP contribution in [0.1, 0.15) is 20.8 Å². The van der Waals surface area contributed by atoms with E-state index in [4.69, 9.17) is 0 Å². The first-order chi connectivity index (χ1) is 6.57. The topological polar surface area (TPSA) is 35.6 Å². The maximum absolute atomic E-state index is 11.9. The Labute approximate surface area is 86.2 Å². The third-order valence-electron chi connectivity index (χ3n) is 3.08. The Kier molecular flexibility index (Phi) is 3.75. The van der Waals surface area contributed by atoms with Crippen molar-refractivity contribution in [2.45, 2.75) is 32.9 Å². The van der Waals surface area contributed by atoms with Gasteiger partial charge in [0.2, 0.25) is 0 Å². The molecule has 0 aromatic heterocycles. The molecule has 1 aliphatic heterocycles. The van der Waals surface area contributed by atoms with Crippen LogP contribution in [0.5, 0.6) is 0 Å². The van der Waals surface area contributed by atoms with E-state index < -0.39 is 0 Å². The van der Waals surface area contributed by atoms with Crippen molar-refractivity contribution in [2.75, 3.05) is 26.7 Å². The SMILES string of the molecule is CCN(C)C(=O)N1CCNC(C)C1C. The Morgan fingerprint density at radius 1 is 1.57 bits per heavy atom. The molecule has 0 aliphatic carbocycles. The smallest absolute Gasteiger partial charge is 0.320 e. The zero-order valence-electron chi connectivity index (χ0n) is 9.58. The van der Waals surface area contributed by atoms with Crippen LogP contribution in [-0.4, -0.2) is 54.6 Å². The zero-order chi connectivity index (χ0) is 10.7. The Hall–Kier alpha value is -0.770. The third-order valence-corrected chi connectivity index (χ3v) is 3.08. The van der Waals surface area contributed by atoms with Gasteiger partial charge in [-0.15, -0.1) is 0 Å². The summed E-state index contributed by atoms with van der Waals surface area (Å²) in [5.74, 6) is 0. The van der Waals surface area contributed by atoms with Gasteiger partial charge in [0.1, 0.15) is 0 Å². The van der Waals surface area contributed by atoms with E-state index in [9.17, 15) is 4.79 Å². The molecule has 0 aromatic carbocycles. The first kappa shape index (κ1) is 11.3. The minimum absolute atomic E-state index is 0.147. The Morgan fingerprint density at radius 3 is 2.79 bits per heavy atom. The zero-order valence-corrected chi connectivity index (χ0v) is 9.58. The minimum Gasteiger partial charge on any atom is -0.328 e. The van der Waals surface area contributed by atoms with E-state index in [1.54, 1.807) is 4.90 Å². The standard InChI is InChI=1S/C10H21N3O/c1-5-12(4)10(14)13-7-6-11-8(2)9(13)3/h8-9,11H,5-7H2,1-4H3. The summed E-state index contributed by atoms with van der Waals surface area (Å²) >= 11 is 0. The Balaban J connectivity index is 2.62. The second kappa shape index (κ2) is 4.64. The predicted octanol–water partition coefficient (Wildman–Crippen LogP) is 0.740. The van der Waals surface area contributed by atoms with Crippen LogP contribution in [0.2, 0.25) is 0 Å². The van der Waals surface area contributed by atoms with Crippen LogP contribution in [0.3, 0.4) is 0 Å². The molecule has 4 nitrogen and oxygen atoms in total. The van der Waals surface area contributed by atoms with Gasteiger partial charge in [0, 0.05) is 38.8 Å². The molecule has 1 N–H and O–H groups in total. The van der Waals surface area contributed by atoms with Gasteiger partial charge in [-0.05, 0) is 20.8 Å². The van der Waals surface area contributed by atoms with Gasteiger partial charge in [-0.3, -0.25) is 0 Å². The summed E-state index contributed by atoms with van der Waals surface area (Å²) in [7, 11) is 1.85. The quantitative estimate of drug-likeness (QED) is 0.676. The number of amides is 2. The number of hydrogen-bond donors (Lipinski definition) is 1. The number of carbonyl (C=O) groups excluding carboxylic acids is 1. The molecule has 1 aliphatic rings. The third kappa shape index (κ3) is 2.18. The number of nitrogens with one attached hydrogen (secondary N) is 1. The van der Waals surface area contributed by atoms with E-state index in [0.29, 0.717) is 6.04 Å². The summed E-state index contributed by atoms with van der Waals surface area (Å²) in [6.07, 6.45) is 0. The molecule has 1 rings (SSSR count). The summed E-state index contributed by atoms with van der Waals surface area (Å²) in [4.78, 5) is 15.6. The lowest BCUT2D eigenvalue weighted by atomic mass is 10.1. The van der Waals surface area contributed by atoms with Crippen LogP contribution in [-0.2, 0) is 0 Å². The van der Waals surface area contributed by atoms with Crippen molar-refractivity contribution in [1.29, 1.82) is 0 Å². The average molecular weight is 199 g/mol. The van der Waals surface area contributed by atoms with Gasteiger partial charge in [0.05, 0.1) is 0 Å². The Morgan fingerprint density at radius 2 is 2.21 bits per heavy atom. The van der Waals surface area contributed by atoms with Gasteiger partial charge in [-0.25, -0.2) is 4.79 Å². The molecule has 2 atom stereocenters. The fraction of sp³-hybridized carbons (Fsp3) is 0.900. The van der Waals surface area contributed by atoms with Crippen LogP contribution in [0, 0.1) is 0 Å². The van der Waals surface area contributed by atoms with Crippen molar-refractivity contribution in [3.63, 3.8) is 0 Å². The van der Waals surface area contributed by atoms with Crippen molar-refractivity contribution in [3.05, 3.63) is 0 Å². The highest BCUT2D eigenvalue weighted by molar-refractivity contribution is 5.74. The maximum Gasteiger partial charge on any atom is 0.320 e. The molecule has 0 bridgehead atoms. The van der Waals surface area contributed by atoms with E-state index >= 15 is 0 Å². The van der Waals surface area contributed by atoms with Crippen LogP contribution in [0.15, 0.2) is 0 Å². The number of carbonyl (C=O) groups is 1. The summed E-state index contributed by atoms with van der Waals surface area (Å²) in [6.45, 7) is 8.69. The lowest BCUT2D eigenvalue weighted by Crippen LogP contribution is -2.59. The van der Waals surface area contributed by atoms with Gasteiger partial charge in [-0.2, -0.15) is 0 Å². The molecule has 1 fully saturated rings. The number of rotatable bonds is 1. The van der Waals surface area contributed by atoms with Crippen LogP contribution < -0.4 is 5.32 Å². The van der Waals surface area contributed by atoms with Crippen molar-refractivity contribution < 1.29 is 4.79 Å². The largest absolute Gasteiger partial charge is 0.328 e. The molecular formula is C10H21N3O. The monoisotopic (exact) mass is 199 g/mol. The maximum atomic E-state index is 11.9. The van der Waals surface area contributed by atoms with E-state index in [1.807, 2.05) is 18.9 Å². The molecular weight excluding hydrogens is 178 g/mol. The van der Waals surface area contributed by atoms with Gasteiger partial charge in [-0.1, -0.05) is 0 Å². The van der Waals surface area contributed by atoms with Gasteiger partial charge < -0.3 is 15.1 Å². The molecule has 4 heteroatoms. The van der Waals surface area contributed by atoms with Gasteiger partial charge in [0.15, 0.2) is 0 Å². The van der Waals surface area contributed by atoms with E-state index in [1.165, 1.54) is 0 Å². The first-order valence-electron chi connectivity index (χ1n) is 5.33. The van der Waals surface area contributed by atoms with Crippen molar-refractivity contribution in [1.82, 2.24) is 15.1 Å². The highest BCUT2D eigenvalue weighted by Crippen LogP contribution is 2.10. The van der Waals surface area contributed by atoms with E-state index in [2.05, 4.69) is 19.2 Å². The Bertz CT molecular complexity index is 208. The molecule has 82 valence electrons. The highest BCUT2D eigenvalue weighted by atomic mass is 16.2. The molecule has 0 saturated carbocycles. The number of urea groups is 1. The van der Waals surface area contributed by atoms with Crippen LogP contribution in [0.25, 0.3) is 0 Å². The van der Waals surface area contributed by atoms with Crippen molar-refractivity contribution in [2.24, 2.45) is 0 Å². The summed E-state index contributed by atoms with van der Waals surface area (Å²) < 4.78 is 0. The molecule has 0 aromatic rings. The average Bonchev–Trinajstić information content (AvgIpc) is 2.20. The van der Waals surface area contributed by atoms with E-state index in [0.717, 1.165) is 19.6 Å². The molecule has 1 heterocycles.